The zero-order valence-corrected chi connectivity index (χ0v) is 21.7. The number of benzene rings is 4. The molecule has 6 rings (SSSR count). The lowest BCUT2D eigenvalue weighted by atomic mass is 10.0. The molecule has 1 aromatic heterocycles. The molecule has 0 fully saturated rings. The Balaban J connectivity index is 1.24. The number of ether oxygens (including phenoxy) is 1. The van der Waals surface area contributed by atoms with Gasteiger partial charge in [-0.2, -0.15) is 0 Å². The van der Waals surface area contributed by atoms with Crippen molar-refractivity contribution in [2.75, 3.05) is 7.05 Å². The Morgan fingerprint density at radius 3 is 2.24 bits per heavy atom. The lowest BCUT2D eigenvalue weighted by molar-refractivity contribution is -0.429. The number of hydrogen-bond donors (Lipinski definition) is 0. The molecule has 5 heteroatoms. The van der Waals surface area contributed by atoms with Gasteiger partial charge in [0, 0.05) is 27.6 Å². The Morgan fingerprint density at radius 1 is 0.658 bits per heavy atom. The summed E-state index contributed by atoms with van der Waals surface area (Å²) in [4.78, 5) is 7.09. The highest BCUT2D eigenvalue weighted by atomic mass is 32.2. The second-order valence-electron chi connectivity index (χ2n) is 8.88. The van der Waals surface area contributed by atoms with Crippen LogP contribution in [0.4, 0.5) is 5.69 Å². The van der Waals surface area contributed by atoms with Crippen molar-refractivity contribution in [1.29, 1.82) is 0 Å². The number of pyridine rings is 1. The van der Waals surface area contributed by atoms with E-state index < -0.39 is 0 Å². The molecule has 1 aliphatic heterocycles. The Morgan fingerprint density at radius 2 is 1.39 bits per heavy atom. The van der Waals surface area contributed by atoms with Crippen LogP contribution in [0.3, 0.4) is 0 Å². The zero-order valence-electron chi connectivity index (χ0n) is 20.9. The Hall–Kier alpha value is -4.70. The summed E-state index contributed by atoms with van der Waals surface area (Å²) in [5.74, 6) is 1.52. The number of rotatable bonds is 7. The first-order valence-electron chi connectivity index (χ1n) is 12.3. The van der Waals surface area contributed by atoms with E-state index in [9.17, 15) is 0 Å². The molecule has 0 saturated heterocycles. The fourth-order valence-corrected chi connectivity index (χ4v) is 5.13. The molecular formula is C33H25N3OS+2. The van der Waals surface area contributed by atoms with Crippen LogP contribution in [0.25, 0.3) is 22.4 Å². The molecular weight excluding hydrogens is 486 g/mol. The van der Waals surface area contributed by atoms with Gasteiger partial charge < -0.3 is 4.74 Å². The van der Waals surface area contributed by atoms with Gasteiger partial charge in [0.2, 0.25) is 11.9 Å². The summed E-state index contributed by atoms with van der Waals surface area (Å²) >= 11 is 1.76. The molecule has 1 aliphatic rings. The Bertz CT molecular complexity index is 1720. The van der Waals surface area contributed by atoms with Gasteiger partial charge in [-0.1, -0.05) is 69.4 Å². The van der Waals surface area contributed by atoms with E-state index in [2.05, 4.69) is 77.7 Å². The fourth-order valence-electron chi connectivity index (χ4n) is 4.23. The van der Waals surface area contributed by atoms with Crippen molar-refractivity contribution in [2.45, 2.75) is 9.79 Å². The first kappa shape index (κ1) is 23.7. The molecule has 182 valence electrons. The molecule has 0 aliphatic carbocycles. The van der Waals surface area contributed by atoms with Crippen LogP contribution >= 0.6 is 11.8 Å². The normalized spacial score (nSPS) is 12.2. The molecule has 0 radical (unpaired) electrons. The van der Waals surface area contributed by atoms with E-state index in [0.717, 1.165) is 39.6 Å². The quantitative estimate of drug-likeness (QED) is 0.206. The summed E-state index contributed by atoms with van der Waals surface area (Å²) in [6.07, 6.45) is 5.79. The minimum atomic E-state index is 0.759. The molecule has 4 aromatic carbocycles. The van der Waals surface area contributed by atoms with Gasteiger partial charge in [0.25, 0.3) is 6.20 Å². The first-order chi connectivity index (χ1) is 18.7. The predicted octanol–water partition coefficient (Wildman–Crippen LogP) is 8.30. The van der Waals surface area contributed by atoms with E-state index in [1.807, 2.05) is 83.3 Å². The maximum Gasteiger partial charge on any atom is 0.495 e. The van der Waals surface area contributed by atoms with Crippen molar-refractivity contribution in [3.63, 3.8) is 0 Å². The molecule has 38 heavy (non-hydrogen) atoms. The average molecular weight is 512 g/mol. The molecule has 4 nitrogen and oxygen atoms in total. The van der Waals surface area contributed by atoms with Crippen molar-refractivity contribution < 1.29 is 13.9 Å². The standard InChI is InChI=1S/C33H25N3OS/c1-35-18-19-36(24-35)28-10-7-12-30(23-28)37-29-11-5-9-27(20-29)33-22-26(16-17-34-33)25-8-6-15-32(21-25)38-31-13-3-2-4-14-31/h2-23H,1H3/q+2. The largest absolute Gasteiger partial charge is 0.495 e. The zero-order chi connectivity index (χ0) is 25.7. The van der Waals surface area contributed by atoms with E-state index in [0.29, 0.717) is 0 Å². The van der Waals surface area contributed by atoms with Gasteiger partial charge in [-0.15, -0.1) is 0 Å². The van der Waals surface area contributed by atoms with Crippen LogP contribution in [0.2, 0.25) is 0 Å². The molecule has 5 aromatic rings. The molecule has 0 saturated carbocycles. The minimum absolute atomic E-state index is 0.759. The third-order valence-corrected chi connectivity index (χ3v) is 7.07. The van der Waals surface area contributed by atoms with Gasteiger partial charge in [-0.05, 0) is 65.7 Å². The SMILES string of the molecule is C[N+]1=C=[N+](c2cccc(Oc3cccc(-c4cc(-c5cccc(Sc6ccccc6)c5)ccn4)c3)c2)C=C1. The molecule has 0 atom stereocenters. The highest BCUT2D eigenvalue weighted by molar-refractivity contribution is 7.99. The van der Waals surface area contributed by atoms with Gasteiger partial charge in [-0.3, -0.25) is 4.98 Å². The smallest absolute Gasteiger partial charge is 0.457 e. The lowest BCUT2D eigenvalue weighted by Crippen LogP contribution is -1.94. The molecule has 0 spiro atoms. The predicted molar refractivity (Wildman–Crippen MR) is 152 cm³/mol. The summed E-state index contributed by atoms with van der Waals surface area (Å²) in [5.41, 5.74) is 5.18. The summed E-state index contributed by atoms with van der Waals surface area (Å²) in [5, 5.41) is 0. The van der Waals surface area contributed by atoms with Gasteiger partial charge >= 0.3 is 6.01 Å². The molecule has 0 bridgehead atoms. The van der Waals surface area contributed by atoms with E-state index in [1.54, 1.807) is 11.8 Å². The van der Waals surface area contributed by atoms with E-state index in [-0.39, 0.29) is 0 Å². The summed E-state index contributed by atoms with van der Waals surface area (Å²) in [6.45, 7) is 0. The van der Waals surface area contributed by atoms with Gasteiger partial charge in [-0.25, -0.2) is 0 Å². The van der Waals surface area contributed by atoms with Crippen LogP contribution in [0, 0.1) is 0 Å². The fraction of sp³-hybridized carbons (Fsp3) is 0.0303. The number of nitrogens with zero attached hydrogens (tertiary/aromatic N) is 3. The average Bonchev–Trinajstić information content (AvgIpc) is 3.40. The number of aromatic nitrogens is 1. The van der Waals surface area contributed by atoms with Crippen molar-refractivity contribution in [2.24, 2.45) is 0 Å². The molecule has 0 unspecified atom stereocenters. The van der Waals surface area contributed by atoms with Gasteiger partial charge in [0.15, 0.2) is 7.05 Å². The van der Waals surface area contributed by atoms with Crippen molar-refractivity contribution in [3.05, 3.63) is 134 Å². The van der Waals surface area contributed by atoms with E-state index in [4.69, 9.17) is 4.74 Å². The molecule has 0 N–H and O–H groups in total. The maximum absolute atomic E-state index is 6.23. The van der Waals surface area contributed by atoms with Crippen LogP contribution in [0.5, 0.6) is 11.5 Å². The number of hydrogen-bond acceptors (Lipinski definition) is 3. The van der Waals surface area contributed by atoms with E-state index >= 15 is 0 Å². The van der Waals surface area contributed by atoms with Crippen LogP contribution in [0.1, 0.15) is 0 Å². The topological polar surface area (TPSA) is 28.1 Å². The van der Waals surface area contributed by atoms with E-state index in [1.165, 1.54) is 9.79 Å². The monoisotopic (exact) mass is 511 g/mol. The highest BCUT2D eigenvalue weighted by Gasteiger charge is 2.17. The van der Waals surface area contributed by atoms with Crippen LogP contribution in [0.15, 0.2) is 144 Å². The van der Waals surface area contributed by atoms with Crippen LogP contribution < -0.4 is 4.74 Å². The third kappa shape index (κ3) is 5.50. The Labute approximate surface area is 226 Å². The summed E-state index contributed by atoms with van der Waals surface area (Å²) in [6, 6.07) is 42.5. The summed E-state index contributed by atoms with van der Waals surface area (Å²) in [7, 11) is 1.95. The molecule has 2 heterocycles. The lowest BCUT2D eigenvalue weighted by Gasteiger charge is -2.10. The highest BCUT2D eigenvalue weighted by Crippen LogP contribution is 2.33. The second-order valence-corrected chi connectivity index (χ2v) is 10.0. The second kappa shape index (κ2) is 10.7. The van der Waals surface area contributed by atoms with Crippen molar-refractivity contribution >= 4 is 23.5 Å². The van der Waals surface area contributed by atoms with Crippen LogP contribution in [-0.4, -0.2) is 27.2 Å². The maximum atomic E-state index is 6.23. The molecule has 0 amide bonds. The summed E-state index contributed by atoms with van der Waals surface area (Å²) < 4.78 is 10.1. The van der Waals surface area contributed by atoms with Gasteiger partial charge in [0.1, 0.15) is 11.5 Å². The van der Waals surface area contributed by atoms with Crippen molar-refractivity contribution in [1.82, 2.24) is 4.98 Å². The minimum Gasteiger partial charge on any atom is -0.457 e. The van der Waals surface area contributed by atoms with Crippen molar-refractivity contribution in [3.8, 4) is 33.9 Å². The van der Waals surface area contributed by atoms with Crippen LogP contribution in [-0.2, 0) is 0 Å². The first-order valence-corrected chi connectivity index (χ1v) is 13.2. The third-order valence-electron chi connectivity index (χ3n) is 6.07. The van der Waals surface area contributed by atoms with Gasteiger partial charge in [0.05, 0.1) is 11.8 Å². The Kier molecular flexibility index (Phi) is 6.69.